The molecule has 1 heterocycles. The normalized spacial score (nSPS) is 13.5. The summed E-state index contributed by atoms with van der Waals surface area (Å²) in [6, 6.07) is 1.50. The molecule has 28 heteroatoms. The van der Waals surface area contributed by atoms with Gasteiger partial charge < -0.3 is 4.98 Å². The third-order valence-corrected chi connectivity index (χ3v) is 10.6. The van der Waals surface area contributed by atoms with E-state index in [0.29, 0.717) is 0 Å². The molecule has 0 amide bonds. The lowest BCUT2D eigenvalue weighted by molar-refractivity contribution is -0.689. The first-order chi connectivity index (χ1) is 32.1. The van der Waals surface area contributed by atoms with Crippen LogP contribution in [0.4, 0.5) is 105 Å². The second-order valence-electron chi connectivity index (χ2n) is 15.3. The van der Waals surface area contributed by atoms with Crippen molar-refractivity contribution in [1.29, 1.82) is 0 Å². The van der Waals surface area contributed by atoms with Gasteiger partial charge in [0.15, 0.2) is 17.4 Å². The van der Waals surface area contributed by atoms with E-state index in [2.05, 4.69) is 21.7 Å². The van der Waals surface area contributed by atoms with Crippen molar-refractivity contribution >= 4 is 40.2 Å². The zero-order valence-electron chi connectivity index (χ0n) is 34.3. The number of benzene rings is 5. The standard InChI is InChI=1S/C32H12BF24.C11H10N2S/c34-25(35,36)13-1-14(26(37,38)39)6-21(5-13)33(22-7-15(27(40,41)42)2-16(8-22)28(43,44)45,23-9-17(29(46,47)48)3-18(10-23)30(49,50)51)24-11-19(31(52,53)54)4-20(12-24)32(55,56)57;14-11-9-13(7-6-12-11)8-10-4-2-1-3-5-10/h1-12H;1-7,9H,8H2/q-1;/p+1. The molecular formula is C43H23BF24N2S. The fourth-order valence-corrected chi connectivity index (χ4v) is 7.61. The molecule has 0 saturated heterocycles. The van der Waals surface area contributed by atoms with Crippen molar-refractivity contribution < 1.29 is 110 Å². The van der Waals surface area contributed by atoms with Crippen LogP contribution in [0, 0.1) is 4.64 Å². The summed E-state index contributed by atoms with van der Waals surface area (Å²) in [5, 5.41) is 0. The minimum absolute atomic E-state index is 0.691. The first-order valence-corrected chi connectivity index (χ1v) is 19.5. The summed E-state index contributed by atoms with van der Waals surface area (Å²) in [5.41, 5.74) is -28.9. The van der Waals surface area contributed by atoms with Gasteiger partial charge in [0.25, 0.3) is 0 Å². The van der Waals surface area contributed by atoms with E-state index in [0.717, 1.165) is 11.2 Å². The summed E-state index contributed by atoms with van der Waals surface area (Å²) in [5.74, 6) is 0. The van der Waals surface area contributed by atoms with Crippen molar-refractivity contribution in [2.24, 2.45) is 0 Å². The highest BCUT2D eigenvalue weighted by Crippen LogP contribution is 2.41. The molecule has 5 aromatic carbocycles. The molecule has 71 heavy (non-hydrogen) atoms. The first-order valence-electron chi connectivity index (χ1n) is 19.1. The maximum Gasteiger partial charge on any atom is 0.416 e. The van der Waals surface area contributed by atoms with Crippen LogP contribution in [0.3, 0.4) is 0 Å². The molecule has 0 aliphatic rings. The molecule has 382 valence electrons. The van der Waals surface area contributed by atoms with Crippen molar-refractivity contribution in [2.75, 3.05) is 0 Å². The number of hydrogen-bond acceptors (Lipinski definition) is 1. The van der Waals surface area contributed by atoms with E-state index < -0.39 is 195 Å². The van der Waals surface area contributed by atoms with E-state index in [-0.39, 0.29) is 0 Å². The largest absolute Gasteiger partial charge is 0.416 e. The minimum atomic E-state index is -6.13. The highest BCUT2D eigenvalue weighted by Gasteiger charge is 2.47. The second-order valence-corrected chi connectivity index (χ2v) is 15.8. The second kappa shape index (κ2) is 19.1. The number of hydrogen-bond donors (Lipinski definition) is 1. The minimum Gasteiger partial charge on any atom is -0.343 e. The van der Waals surface area contributed by atoms with Crippen LogP contribution in [-0.4, -0.2) is 11.1 Å². The molecule has 0 radical (unpaired) electrons. The van der Waals surface area contributed by atoms with E-state index >= 15 is 0 Å². The van der Waals surface area contributed by atoms with Gasteiger partial charge >= 0.3 is 49.4 Å². The molecule has 6 aromatic rings. The van der Waals surface area contributed by atoms with Gasteiger partial charge in [-0.05, 0) is 24.3 Å². The van der Waals surface area contributed by atoms with E-state index in [1.165, 1.54) is 5.56 Å². The molecule has 0 aliphatic carbocycles. The van der Waals surface area contributed by atoms with Gasteiger partial charge in [-0.1, -0.05) is 91.1 Å². The monoisotopic (exact) mass is 1070 g/mol. The number of aromatic amines is 1. The maximum absolute atomic E-state index is 14.2. The highest BCUT2D eigenvalue weighted by atomic mass is 32.1. The van der Waals surface area contributed by atoms with Crippen LogP contribution in [0.15, 0.2) is 122 Å². The average Bonchev–Trinajstić information content (AvgIpc) is 3.22. The summed E-state index contributed by atoms with van der Waals surface area (Å²) < 4.78 is 344. The van der Waals surface area contributed by atoms with Crippen LogP contribution in [0.1, 0.15) is 50.1 Å². The third-order valence-electron chi connectivity index (χ3n) is 10.4. The Morgan fingerprint density at radius 3 is 0.817 bits per heavy atom. The molecule has 0 spiro atoms. The van der Waals surface area contributed by atoms with Crippen molar-refractivity contribution in [2.45, 2.75) is 56.0 Å². The van der Waals surface area contributed by atoms with Crippen LogP contribution in [-0.2, 0) is 56.0 Å². The van der Waals surface area contributed by atoms with Crippen LogP contribution in [0.2, 0.25) is 0 Å². The highest BCUT2D eigenvalue weighted by molar-refractivity contribution is 7.71. The molecule has 0 atom stereocenters. The molecule has 0 aliphatic heterocycles. The van der Waals surface area contributed by atoms with Crippen LogP contribution < -0.4 is 26.4 Å². The zero-order chi connectivity index (χ0) is 53.7. The number of aromatic nitrogens is 2. The van der Waals surface area contributed by atoms with Crippen LogP contribution in [0.25, 0.3) is 0 Å². The van der Waals surface area contributed by atoms with Gasteiger partial charge in [-0.3, -0.25) is 0 Å². The molecule has 2 nitrogen and oxygen atoms in total. The Balaban J connectivity index is 0.000000569. The number of nitrogens with one attached hydrogen (secondary N) is 1. The van der Waals surface area contributed by atoms with Gasteiger partial charge in [-0.25, -0.2) is 0 Å². The molecule has 0 saturated carbocycles. The van der Waals surface area contributed by atoms with Crippen molar-refractivity contribution in [1.82, 2.24) is 4.98 Å². The maximum atomic E-state index is 14.2. The summed E-state index contributed by atoms with van der Waals surface area (Å²) in [4.78, 5) is 2.95. The third kappa shape index (κ3) is 13.2. The number of H-pyrrole nitrogens is 1. The Morgan fingerprint density at radius 1 is 0.366 bits per heavy atom. The number of nitrogens with zero attached hydrogens (tertiary/aromatic N) is 1. The predicted molar refractivity (Wildman–Crippen MR) is 207 cm³/mol. The SMILES string of the molecule is FC(F)(F)c1cc([B-](c2cc(C(F)(F)F)cc(C(F)(F)F)c2)(c2cc(C(F)(F)F)cc(C(F)(F)F)c2)c2cc(C(F)(F)F)cc(C(F)(F)F)c2)cc(C(F)(F)F)c1.S=c1c[n+](Cc2ccccc2)cc[nH]1. The molecular weight excluding hydrogens is 1040 g/mol. The summed E-state index contributed by atoms with van der Waals surface area (Å²) in [7, 11) is 0. The van der Waals surface area contributed by atoms with Crippen LogP contribution >= 0.6 is 12.2 Å². The van der Waals surface area contributed by atoms with Gasteiger partial charge in [-0.15, -0.1) is 0 Å². The zero-order valence-corrected chi connectivity index (χ0v) is 35.1. The fourth-order valence-electron chi connectivity index (χ4n) is 7.41. The lowest BCUT2D eigenvalue weighted by atomic mass is 9.12. The van der Waals surface area contributed by atoms with Crippen molar-refractivity contribution in [3.8, 4) is 0 Å². The van der Waals surface area contributed by atoms with Gasteiger partial charge in [0.2, 0.25) is 6.20 Å². The van der Waals surface area contributed by atoms with Crippen molar-refractivity contribution in [3.63, 3.8) is 0 Å². The molecule has 0 unspecified atom stereocenters. The molecule has 0 fully saturated rings. The molecule has 1 N–H and O–H groups in total. The molecule has 0 bridgehead atoms. The van der Waals surface area contributed by atoms with E-state index in [4.69, 9.17) is 12.2 Å². The topological polar surface area (TPSA) is 19.7 Å². The molecule has 1 aromatic heterocycles. The van der Waals surface area contributed by atoms with Crippen molar-refractivity contribution in [3.05, 3.63) is 176 Å². The van der Waals surface area contributed by atoms with Gasteiger partial charge in [0.05, 0.1) is 50.7 Å². The first kappa shape index (κ1) is 55.7. The van der Waals surface area contributed by atoms with E-state index in [9.17, 15) is 105 Å². The van der Waals surface area contributed by atoms with E-state index in [1.807, 2.05) is 36.8 Å². The van der Waals surface area contributed by atoms with Gasteiger partial charge in [0.1, 0.15) is 6.15 Å². The Kier molecular flexibility index (Phi) is 15.0. The Bertz CT molecular complexity index is 2480. The van der Waals surface area contributed by atoms with Gasteiger partial charge in [0, 0.05) is 5.56 Å². The summed E-state index contributed by atoms with van der Waals surface area (Å²) in [6.45, 7) is 0.860. The lowest BCUT2D eigenvalue weighted by Crippen LogP contribution is -2.75. The summed E-state index contributed by atoms with van der Waals surface area (Å²) >= 11 is 5.04. The average molecular weight is 1070 g/mol. The Morgan fingerprint density at radius 2 is 0.606 bits per heavy atom. The quantitative estimate of drug-likeness (QED) is 0.0763. The smallest absolute Gasteiger partial charge is 0.343 e. The Hall–Kier alpha value is -6.22. The predicted octanol–water partition coefficient (Wildman–Crippen LogP) is 13.3. The molecule has 6 rings (SSSR count). The number of alkyl halides is 24. The Labute approximate surface area is 387 Å². The number of halogens is 24. The fraction of sp³-hybridized carbons (Fsp3) is 0.209. The lowest BCUT2D eigenvalue weighted by Gasteiger charge is -2.46. The number of rotatable bonds is 6. The van der Waals surface area contributed by atoms with Gasteiger partial charge in [-0.2, -0.15) is 132 Å². The summed E-state index contributed by atoms with van der Waals surface area (Å²) in [6.07, 6.45) is -49.1. The van der Waals surface area contributed by atoms with Crippen LogP contribution in [0.5, 0.6) is 0 Å². The van der Waals surface area contributed by atoms with E-state index in [1.54, 1.807) is 0 Å².